The Kier molecular flexibility index (Phi) is 3.44. The van der Waals surface area contributed by atoms with Gasteiger partial charge in [0.2, 0.25) is 11.7 Å². The number of benzene rings is 2. The molecule has 0 aliphatic heterocycles. The normalized spacial score (nSPS) is 10.8. The molecule has 0 bridgehead atoms. The molecule has 0 spiro atoms. The molecule has 0 radical (unpaired) electrons. The smallest absolute Gasteiger partial charge is 0.231 e. The van der Waals surface area contributed by atoms with Crippen LogP contribution in [-0.4, -0.2) is 10.1 Å². The van der Waals surface area contributed by atoms with Crippen molar-refractivity contribution < 1.29 is 4.52 Å². The van der Waals surface area contributed by atoms with Crippen LogP contribution in [0.25, 0.3) is 11.4 Å². The van der Waals surface area contributed by atoms with Crippen LogP contribution in [-0.2, 0) is 6.42 Å². The highest BCUT2D eigenvalue weighted by Gasteiger charge is 2.09. The molecule has 21 heavy (non-hydrogen) atoms. The van der Waals surface area contributed by atoms with E-state index in [-0.39, 0.29) is 0 Å². The van der Waals surface area contributed by atoms with Crippen LogP contribution >= 0.6 is 0 Å². The van der Waals surface area contributed by atoms with Crippen molar-refractivity contribution in [1.82, 2.24) is 10.1 Å². The predicted octanol–water partition coefficient (Wildman–Crippen LogP) is 3.53. The maximum atomic E-state index is 5.67. The van der Waals surface area contributed by atoms with Gasteiger partial charge in [0.05, 0.1) is 6.42 Å². The summed E-state index contributed by atoms with van der Waals surface area (Å²) in [5, 5.41) is 4.03. The Morgan fingerprint density at radius 3 is 2.48 bits per heavy atom. The zero-order chi connectivity index (χ0) is 14.8. The lowest BCUT2D eigenvalue weighted by atomic mass is 10.0. The number of nitrogen functional groups attached to an aromatic ring is 1. The van der Waals surface area contributed by atoms with E-state index in [1.807, 2.05) is 24.3 Å². The first-order valence-electron chi connectivity index (χ1n) is 6.86. The number of hydrogen-bond acceptors (Lipinski definition) is 4. The Bertz CT molecular complexity index is 760. The highest BCUT2D eigenvalue weighted by atomic mass is 16.5. The molecule has 0 saturated carbocycles. The van der Waals surface area contributed by atoms with E-state index in [0.717, 1.165) is 11.3 Å². The lowest BCUT2D eigenvalue weighted by Crippen LogP contribution is -1.91. The van der Waals surface area contributed by atoms with Crippen molar-refractivity contribution in [1.29, 1.82) is 0 Å². The van der Waals surface area contributed by atoms with Crippen LogP contribution in [0, 0.1) is 13.8 Å². The zero-order valence-corrected chi connectivity index (χ0v) is 12.1. The molecule has 2 N–H and O–H groups in total. The molecule has 3 aromatic rings. The van der Waals surface area contributed by atoms with Crippen LogP contribution in [0.2, 0.25) is 0 Å². The third-order valence-electron chi connectivity index (χ3n) is 3.56. The number of nitrogens with two attached hydrogens (primary N) is 1. The highest BCUT2D eigenvalue weighted by Crippen LogP contribution is 2.19. The van der Waals surface area contributed by atoms with Crippen molar-refractivity contribution in [3.8, 4) is 11.4 Å². The number of nitrogens with zero attached hydrogens (tertiary/aromatic N) is 2. The van der Waals surface area contributed by atoms with Gasteiger partial charge >= 0.3 is 0 Å². The standard InChI is InChI=1S/C17H17N3O/c1-11-3-4-13(9-12(11)2)10-16-19-17(20-21-16)14-5-7-15(18)8-6-14/h3-9H,10,18H2,1-2H3. The minimum Gasteiger partial charge on any atom is -0.399 e. The summed E-state index contributed by atoms with van der Waals surface area (Å²) in [6.45, 7) is 4.21. The molecule has 0 atom stereocenters. The lowest BCUT2D eigenvalue weighted by molar-refractivity contribution is 0.385. The van der Waals surface area contributed by atoms with E-state index in [9.17, 15) is 0 Å². The van der Waals surface area contributed by atoms with Gasteiger partial charge in [0.25, 0.3) is 0 Å². The first-order chi connectivity index (χ1) is 10.1. The molecule has 0 unspecified atom stereocenters. The van der Waals surface area contributed by atoms with Crippen molar-refractivity contribution in [2.24, 2.45) is 0 Å². The Balaban J connectivity index is 1.81. The predicted molar refractivity (Wildman–Crippen MR) is 82.9 cm³/mol. The fourth-order valence-electron chi connectivity index (χ4n) is 2.16. The molecule has 106 valence electrons. The maximum Gasteiger partial charge on any atom is 0.231 e. The topological polar surface area (TPSA) is 64.9 Å². The molecule has 1 heterocycles. The average Bonchev–Trinajstić information content (AvgIpc) is 2.92. The van der Waals surface area contributed by atoms with E-state index < -0.39 is 0 Å². The van der Waals surface area contributed by atoms with Crippen molar-refractivity contribution in [2.75, 3.05) is 5.73 Å². The maximum absolute atomic E-state index is 5.67. The molecular weight excluding hydrogens is 262 g/mol. The number of anilines is 1. The first kappa shape index (κ1) is 13.4. The van der Waals surface area contributed by atoms with Crippen molar-refractivity contribution >= 4 is 5.69 Å². The van der Waals surface area contributed by atoms with Gasteiger partial charge in [-0.1, -0.05) is 23.4 Å². The Hall–Kier alpha value is -2.62. The lowest BCUT2D eigenvalue weighted by Gasteiger charge is -2.02. The largest absolute Gasteiger partial charge is 0.399 e. The quantitative estimate of drug-likeness (QED) is 0.745. The van der Waals surface area contributed by atoms with Gasteiger partial charge in [-0.15, -0.1) is 0 Å². The summed E-state index contributed by atoms with van der Waals surface area (Å²) in [7, 11) is 0. The third kappa shape index (κ3) is 2.94. The van der Waals surface area contributed by atoms with E-state index in [2.05, 4.69) is 42.2 Å². The molecule has 0 saturated heterocycles. The molecule has 0 aliphatic rings. The van der Waals surface area contributed by atoms with Crippen LogP contribution in [0.3, 0.4) is 0 Å². The Morgan fingerprint density at radius 1 is 1.00 bits per heavy atom. The summed E-state index contributed by atoms with van der Waals surface area (Å²) in [4.78, 5) is 4.44. The summed E-state index contributed by atoms with van der Waals surface area (Å²) in [5.74, 6) is 1.21. The van der Waals surface area contributed by atoms with Crippen molar-refractivity contribution in [3.05, 3.63) is 65.0 Å². The van der Waals surface area contributed by atoms with E-state index >= 15 is 0 Å². The van der Waals surface area contributed by atoms with Gasteiger partial charge in [0.1, 0.15) is 0 Å². The summed E-state index contributed by atoms with van der Waals surface area (Å²) in [6.07, 6.45) is 0.642. The fourth-order valence-corrected chi connectivity index (χ4v) is 2.16. The Morgan fingerprint density at radius 2 is 1.76 bits per heavy atom. The van der Waals surface area contributed by atoms with Crippen molar-refractivity contribution in [3.63, 3.8) is 0 Å². The second-order valence-corrected chi connectivity index (χ2v) is 5.23. The summed E-state index contributed by atoms with van der Waals surface area (Å²) in [5.41, 5.74) is 11.0. The molecule has 1 aromatic heterocycles. The van der Waals surface area contributed by atoms with Crippen LogP contribution in [0.4, 0.5) is 5.69 Å². The second kappa shape index (κ2) is 5.40. The zero-order valence-electron chi connectivity index (χ0n) is 12.1. The Labute approximate surface area is 123 Å². The summed E-state index contributed by atoms with van der Waals surface area (Å²) < 4.78 is 5.33. The van der Waals surface area contributed by atoms with E-state index in [0.29, 0.717) is 18.1 Å². The number of rotatable bonds is 3. The van der Waals surface area contributed by atoms with Gasteiger partial charge in [0.15, 0.2) is 0 Å². The molecule has 0 fully saturated rings. The number of hydrogen-bond donors (Lipinski definition) is 1. The minimum atomic E-state index is 0.592. The molecule has 0 amide bonds. The highest BCUT2D eigenvalue weighted by molar-refractivity contribution is 5.58. The molecule has 4 nitrogen and oxygen atoms in total. The SMILES string of the molecule is Cc1ccc(Cc2nc(-c3ccc(N)cc3)no2)cc1C. The van der Waals surface area contributed by atoms with Crippen LogP contribution < -0.4 is 5.73 Å². The molecule has 2 aromatic carbocycles. The molecule has 4 heteroatoms. The first-order valence-corrected chi connectivity index (χ1v) is 6.86. The van der Waals surface area contributed by atoms with Gasteiger partial charge in [-0.2, -0.15) is 4.98 Å². The van der Waals surface area contributed by atoms with E-state index in [4.69, 9.17) is 10.3 Å². The fraction of sp³-hybridized carbons (Fsp3) is 0.176. The number of aryl methyl sites for hydroxylation is 2. The second-order valence-electron chi connectivity index (χ2n) is 5.23. The van der Waals surface area contributed by atoms with Gasteiger partial charge in [-0.3, -0.25) is 0 Å². The van der Waals surface area contributed by atoms with Gasteiger partial charge in [-0.05, 0) is 54.8 Å². The molecule has 3 rings (SSSR count). The minimum absolute atomic E-state index is 0.592. The monoisotopic (exact) mass is 279 g/mol. The van der Waals surface area contributed by atoms with E-state index in [1.165, 1.54) is 16.7 Å². The molecular formula is C17H17N3O. The number of aromatic nitrogens is 2. The van der Waals surface area contributed by atoms with Gasteiger partial charge < -0.3 is 10.3 Å². The van der Waals surface area contributed by atoms with Crippen LogP contribution in [0.1, 0.15) is 22.6 Å². The van der Waals surface area contributed by atoms with Gasteiger partial charge in [0, 0.05) is 11.3 Å². The van der Waals surface area contributed by atoms with E-state index in [1.54, 1.807) is 0 Å². The van der Waals surface area contributed by atoms with Crippen molar-refractivity contribution in [2.45, 2.75) is 20.3 Å². The summed E-state index contributed by atoms with van der Waals surface area (Å²) >= 11 is 0. The van der Waals surface area contributed by atoms with Crippen LogP contribution in [0.5, 0.6) is 0 Å². The molecule has 0 aliphatic carbocycles. The van der Waals surface area contributed by atoms with Gasteiger partial charge in [-0.25, -0.2) is 0 Å². The third-order valence-corrected chi connectivity index (χ3v) is 3.56. The summed E-state index contributed by atoms with van der Waals surface area (Å²) in [6, 6.07) is 13.8. The average molecular weight is 279 g/mol. The van der Waals surface area contributed by atoms with Crippen LogP contribution in [0.15, 0.2) is 47.0 Å².